The molecule has 1 aromatic rings. The van der Waals surface area contributed by atoms with Crippen molar-refractivity contribution in [3.8, 4) is 5.75 Å². The Labute approximate surface area is 91.1 Å². The largest absolute Gasteiger partial charge is 0.494 e. The lowest BCUT2D eigenvalue weighted by Gasteiger charge is -2.11. The van der Waals surface area contributed by atoms with Crippen LogP contribution in [0.15, 0.2) is 30.4 Å². The first-order chi connectivity index (χ1) is 7.31. The van der Waals surface area contributed by atoms with E-state index in [1.165, 1.54) is 16.7 Å². The highest BCUT2D eigenvalue weighted by Gasteiger charge is 2.06. The van der Waals surface area contributed by atoms with Gasteiger partial charge in [0.05, 0.1) is 6.61 Å². The normalized spacial score (nSPS) is 13.5. The Hall–Kier alpha value is -1.50. The van der Waals surface area contributed by atoms with Crippen LogP contribution in [0.1, 0.15) is 23.6 Å². The minimum absolute atomic E-state index is 0.727. The molecule has 1 aromatic carbocycles. The Kier molecular flexibility index (Phi) is 2.91. The SMILES string of the molecule is CCOc1cc2c(cc1C)C=CC=CC2. The second-order valence-corrected chi connectivity index (χ2v) is 3.74. The van der Waals surface area contributed by atoms with E-state index in [1.54, 1.807) is 0 Å². The van der Waals surface area contributed by atoms with E-state index in [2.05, 4.69) is 43.4 Å². The Balaban J connectivity index is 2.44. The van der Waals surface area contributed by atoms with E-state index in [9.17, 15) is 0 Å². The molecule has 1 nitrogen and oxygen atoms in total. The van der Waals surface area contributed by atoms with Crippen LogP contribution in [-0.4, -0.2) is 6.61 Å². The monoisotopic (exact) mass is 200 g/mol. The van der Waals surface area contributed by atoms with E-state index in [4.69, 9.17) is 4.74 Å². The maximum atomic E-state index is 5.60. The molecule has 0 fully saturated rings. The van der Waals surface area contributed by atoms with Gasteiger partial charge in [-0.05, 0) is 49.1 Å². The van der Waals surface area contributed by atoms with E-state index >= 15 is 0 Å². The van der Waals surface area contributed by atoms with Crippen molar-refractivity contribution in [3.05, 3.63) is 47.1 Å². The van der Waals surface area contributed by atoms with Crippen LogP contribution in [0.25, 0.3) is 6.08 Å². The molecule has 0 saturated carbocycles. The third kappa shape index (κ3) is 2.12. The molecule has 0 aliphatic heterocycles. The van der Waals surface area contributed by atoms with Gasteiger partial charge in [-0.2, -0.15) is 0 Å². The third-order valence-electron chi connectivity index (χ3n) is 2.60. The predicted molar refractivity (Wildman–Crippen MR) is 64.2 cm³/mol. The smallest absolute Gasteiger partial charge is 0.122 e. The van der Waals surface area contributed by atoms with Crippen molar-refractivity contribution in [2.45, 2.75) is 20.3 Å². The summed E-state index contributed by atoms with van der Waals surface area (Å²) in [6.45, 7) is 4.84. The van der Waals surface area contributed by atoms with Gasteiger partial charge in [0.1, 0.15) is 5.75 Å². The second-order valence-electron chi connectivity index (χ2n) is 3.74. The predicted octanol–water partition coefficient (Wildman–Crippen LogP) is 3.52. The summed E-state index contributed by atoms with van der Waals surface area (Å²) >= 11 is 0. The van der Waals surface area contributed by atoms with Gasteiger partial charge in [-0.25, -0.2) is 0 Å². The highest BCUT2D eigenvalue weighted by atomic mass is 16.5. The molecule has 0 aromatic heterocycles. The van der Waals surface area contributed by atoms with Crippen LogP contribution >= 0.6 is 0 Å². The highest BCUT2D eigenvalue weighted by Crippen LogP contribution is 2.26. The molecule has 1 aliphatic carbocycles. The lowest BCUT2D eigenvalue weighted by molar-refractivity contribution is 0.337. The summed E-state index contributed by atoms with van der Waals surface area (Å²) in [4.78, 5) is 0. The van der Waals surface area contributed by atoms with Gasteiger partial charge in [0, 0.05) is 0 Å². The van der Waals surface area contributed by atoms with E-state index in [1.807, 2.05) is 6.92 Å². The fourth-order valence-corrected chi connectivity index (χ4v) is 1.83. The van der Waals surface area contributed by atoms with Crippen LogP contribution in [-0.2, 0) is 6.42 Å². The van der Waals surface area contributed by atoms with Gasteiger partial charge in [-0.3, -0.25) is 0 Å². The second kappa shape index (κ2) is 4.35. The molecule has 0 bridgehead atoms. The molecule has 0 amide bonds. The minimum Gasteiger partial charge on any atom is -0.494 e. The Morgan fingerprint density at radius 3 is 2.93 bits per heavy atom. The van der Waals surface area contributed by atoms with E-state index in [0.717, 1.165) is 18.8 Å². The number of benzene rings is 1. The summed E-state index contributed by atoms with van der Waals surface area (Å²) < 4.78 is 5.60. The number of hydrogen-bond acceptors (Lipinski definition) is 1. The van der Waals surface area contributed by atoms with Crippen LogP contribution in [0.5, 0.6) is 5.75 Å². The number of hydrogen-bond donors (Lipinski definition) is 0. The number of aryl methyl sites for hydroxylation is 1. The molecular weight excluding hydrogens is 184 g/mol. The van der Waals surface area contributed by atoms with Gasteiger partial charge in [0.25, 0.3) is 0 Å². The van der Waals surface area contributed by atoms with E-state index in [0.29, 0.717) is 0 Å². The first kappa shape index (κ1) is 10.0. The zero-order chi connectivity index (χ0) is 10.7. The van der Waals surface area contributed by atoms with Gasteiger partial charge in [0.15, 0.2) is 0 Å². The molecule has 0 radical (unpaired) electrons. The molecule has 2 rings (SSSR count). The standard InChI is InChI=1S/C14H16O/c1-3-15-14-10-13-8-6-4-5-7-12(13)9-11(14)2/h4-7,9-10H,3,8H2,1-2H3. The molecule has 15 heavy (non-hydrogen) atoms. The number of ether oxygens (including phenoxy) is 1. The number of rotatable bonds is 2. The fourth-order valence-electron chi connectivity index (χ4n) is 1.83. The summed E-state index contributed by atoms with van der Waals surface area (Å²) in [5, 5.41) is 0. The molecule has 1 heteroatoms. The Morgan fingerprint density at radius 1 is 1.27 bits per heavy atom. The van der Waals surface area contributed by atoms with E-state index < -0.39 is 0 Å². The summed E-state index contributed by atoms with van der Waals surface area (Å²) in [6.07, 6.45) is 9.50. The van der Waals surface area contributed by atoms with Crippen molar-refractivity contribution in [2.75, 3.05) is 6.61 Å². The van der Waals surface area contributed by atoms with Crippen LogP contribution in [0.3, 0.4) is 0 Å². The van der Waals surface area contributed by atoms with Crippen molar-refractivity contribution >= 4 is 6.08 Å². The quantitative estimate of drug-likeness (QED) is 0.709. The molecule has 0 atom stereocenters. The lowest BCUT2D eigenvalue weighted by Crippen LogP contribution is -1.97. The minimum atomic E-state index is 0.727. The van der Waals surface area contributed by atoms with Crippen molar-refractivity contribution < 1.29 is 4.74 Å². The summed E-state index contributed by atoms with van der Waals surface area (Å²) in [5.41, 5.74) is 3.86. The van der Waals surface area contributed by atoms with Crippen molar-refractivity contribution in [2.24, 2.45) is 0 Å². The third-order valence-corrected chi connectivity index (χ3v) is 2.60. The zero-order valence-electron chi connectivity index (χ0n) is 9.29. The van der Waals surface area contributed by atoms with Crippen LogP contribution in [0.2, 0.25) is 0 Å². The first-order valence-electron chi connectivity index (χ1n) is 5.41. The highest BCUT2D eigenvalue weighted by molar-refractivity contribution is 5.60. The maximum Gasteiger partial charge on any atom is 0.122 e. The fraction of sp³-hybridized carbons (Fsp3) is 0.286. The number of allylic oxidation sites excluding steroid dienone is 3. The molecule has 0 heterocycles. The summed E-state index contributed by atoms with van der Waals surface area (Å²) in [5.74, 6) is 1.01. The van der Waals surface area contributed by atoms with Gasteiger partial charge in [-0.15, -0.1) is 0 Å². The van der Waals surface area contributed by atoms with Gasteiger partial charge < -0.3 is 4.74 Å². The summed E-state index contributed by atoms with van der Waals surface area (Å²) in [6, 6.07) is 4.36. The molecule has 1 aliphatic rings. The van der Waals surface area contributed by atoms with Crippen LogP contribution in [0, 0.1) is 6.92 Å². The molecule has 0 N–H and O–H groups in total. The molecular formula is C14H16O. The van der Waals surface area contributed by atoms with Crippen LogP contribution < -0.4 is 4.74 Å². The maximum absolute atomic E-state index is 5.60. The van der Waals surface area contributed by atoms with Crippen molar-refractivity contribution in [3.63, 3.8) is 0 Å². The van der Waals surface area contributed by atoms with Gasteiger partial charge >= 0.3 is 0 Å². The van der Waals surface area contributed by atoms with E-state index in [-0.39, 0.29) is 0 Å². The lowest BCUT2D eigenvalue weighted by atomic mass is 10.0. The van der Waals surface area contributed by atoms with Crippen molar-refractivity contribution in [1.29, 1.82) is 0 Å². The van der Waals surface area contributed by atoms with Crippen LogP contribution in [0.4, 0.5) is 0 Å². The number of fused-ring (bicyclic) bond motifs is 1. The molecule has 0 spiro atoms. The topological polar surface area (TPSA) is 9.23 Å². The van der Waals surface area contributed by atoms with Gasteiger partial charge in [0.2, 0.25) is 0 Å². The van der Waals surface area contributed by atoms with Crippen molar-refractivity contribution in [1.82, 2.24) is 0 Å². The summed E-state index contributed by atoms with van der Waals surface area (Å²) in [7, 11) is 0. The molecule has 78 valence electrons. The Morgan fingerprint density at radius 2 is 2.13 bits per heavy atom. The van der Waals surface area contributed by atoms with Gasteiger partial charge in [-0.1, -0.05) is 24.3 Å². The average molecular weight is 200 g/mol. The average Bonchev–Trinajstić information content (AvgIpc) is 2.44. The zero-order valence-corrected chi connectivity index (χ0v) is 9.29. The molecule has 0 saturated heterocycles. The first-order valence-corrected chi connectivity index (χ1v) is 5.41. The Bertz CT molecular complexity index is 414. The molecule has 0 unspecified atom stereocenters.